The number of hydrogen-bond acceptors (Lipinski definition) is 5. The van der Waals surface area contributed by atoms with Crippen molar-refractivity contribution < 1.29 is 19.4 Å². The van der Waals surface area contributed by atoms with Crippen LogP contribution in [0.15, 0.2) is 24.3 Å². The van der Waals surface area contributed by atoms with E-state index in [4.69, 9.17) is 20.3 Å². The molecule has 0 heterocycles. The maximum atomic E-state index is 11.2. The number of rotatable bonds is 9. The average Bonchev–Trinajstić information content (AvgIpc) is 2.41. The molecule has 0 amide bonds. The fraction of sp³-hybridized carbons (Fsp3) is 0.462. The van der Waals surface area contributed by atoms with Crippen molar-refractivity contribution in [2.45, 2.75) is 6.04 Å². The first-order valence-electron chi connectivity index (χ1n) is 6.07. The first kappa shape index (κ1) is 22.2. The van der Waals surface area contributed by atoms with E-state index >= 15 is 0 Å². The van der Waals surface area contributed by atoms with Gasteiger partial charge in [0, 0.05) is 20.2 Å². The van der Waals surface area contributed by atoms with Crippen LogP contribution >= 0.6 is 24.8 Å². The lowest BCUT2D eigenvalue weighted by Gasteiger charge is -2.14. The fourth-order valence-electron chi connectivity index (χ4n) is 1.57. The van der Waals surface area contributed by atoms with Crippen LogP contribution in [-0.4, -0.2) is 44.5 Å². The van der Waals surface area contributed by atoms with E-state index in [9.17, 15) is 4.79 Å². The van der Waals surface area contributed by atoms with E-state index in [1.54, 1.807) is 31.4 Å². The standard InChI is InChI=1S/C13H20N2O4.2ClH/c1-18-8-9-19-11-4-2-10(3-5-11)12(13(16)17)15-7-6-14;;/h2-5,12,15H,6-9,14H2,1H3,(H,16,17);2*1H. The number of carboxylic acids is 1. The number of hydrogen-bond donors (Lipinski definition) is 3. The number of methoxy groups -OCH3 is 1. The number of aliphatic carboxylic acids is 1. The number of halogens is 2. The maximum absolute atomic E-state index is 11.2. The molecule has 0 aliphatic rings. The summed E-state index contributed by atoms with van der Waals surface area (Å²) in [5, 5.41) is 12.0. The Bertz CT molecular complexity index is 390. The summed E-state index contributed by atoms with van der Waals surface area (Å²) in [6.07, 6.45) is 0. The van der Waals surface area contributed by atoms with Crippen LogP contribution in [0.1, 0.15) is 11.6 Å². The minimum atomic E-state index is -0.929. The van der Waals surface area contributed by atoms with Gasteiger partial charge in [0.05, 0.1) is 6.61 Å². The molecule has 1 aromatic rings. The van der Waals surface area contributed by atoms with Gasteiger partial charge in [0.2, 0.25) is 0 Å². The monoisotopic (exact) mass is 340 g/mol. The molecule has 21 heavy (non-hydrogen) atoms. The molecule has 1 unspecified atom stereocenters. The van der Waals surface area contributed by atoms with Crippen molar-refractivity contribution in [3.05, 3.63) is 29.8 Å². The maximum Gasteiger partial charge on any atom is 0.325 e. The van der Waals surface area contributed by atoms with Crippen LogP contribution in [-0.2, 0) is 9.53 Å². The Hall–Kier alpha value is -1.05. The summed E-state index contributed by atoms with van der Waals surface area (Å²) in [6, 6.07) is 6.18. The largest absolute Gasteiger partial charge is 0.491 e. The summed E-state index contributed by atoms with van der Waals surface area (Å²) >= 11 is 0. The minimum Gasteiger partial charge on any atom is -0.491 e. The van der Waals surface area contributed by atoms with Crippen LogP contribution < -0.4 is 15.8 Å². The zero-order valence-corrected chi connectivity index (χ0v) is 13.4. The van der Waals surface area contributed by atoms with Gasteiger partial charge in [-0.25, -0.2) is 0 Å². The summed E-state index contributed by atoms with van der Waals surface area (Å²) < 4.78 is 10.3. The summed E-state index contributed by atoms with van der Waals surface area (Å²) in [7, 11) is 1.60. The van der Waals surface area contributed by atoms with Crippen molar-refractivity contribution in [1.29, 1.82) is 0 Å². The lowest BCUT2D eigenvalue weighted by atomic mass is 10.1. The van der Waals surface area contributed by atoms with E-state index < -0.39 is 12.0 Å². The SMILES string of the molecule is COCCOc1ccc(C(NCCN)C(=O)O)cc1.Cl.Cl. The number of carbonyl (C=O) groups is 1. The molecule has 0 aliphatic carbocycles. The van der Waals surface area contributed by atoms with Gasteiger partial charge < -0.3 is 20.3 Å². The van der Waals surface area contributed by atoms with Gasteiger partial charge in [-0.15, -0.1) is 24.8 Å². The second-order valence-corrected chi connectivity index (χ2v) is 3.92. The fourth-order valence-corrected chi connectivity index (χ4v) is 1.57. The van der Waals surface area contributed by atoms with E-state index in [0.29, 0.717) is 37.6 Å². The zero-order chi connectivity index (χ0) is 14.1. The van der Waals surface area contributed by atoms with E-state index in [-0.39, 0.29) is 24.8 Å². The second kappa shape index (κ2) is 12.7. The van der Waals surface area contributed by atoms with Crippen LogP contribution in [0.3, 0.4) is 0 Å². The van der Waals surface area contributed by atoms with Gasteiger partial charge in [-0.1, -0.05) is 12.1 Å². The molecule has 0 bridgehead atoms. The molecule has 6 nitrogen and oxygen atoms in total. The average molecular weight is 341 g/mol. The van der Waals surface area contributed by atoms with Gasteiger partial charge in [0.25, 0.3) is 0 Å². The van der Waals surface area contributed by atoms with Crippen molar-refractivity contribution in [1.82, 2.24) is 5.32 Å². The van der Waals surface area contributed by atoms with Gasteiger partial charge in [-0.2, -0.15) is 0 Å². The molecule has 0 aromatic heterocycles. The van der Waals surface area contributed by atoms with Crippen molar-refractivity contribution in [3.8, 4) is 5.75 Å². The normalized spacial score (nSPS) is 11.0. The second-order valence-electron chi connectivity index (χ2n) is 3.92. The van der Waals surface area contributed by atoms with Gasteiger partial charge in [0.15, 0.2) is 0 Å². The highest BCUT2D eigenvalue weighted by Gasteiger charge is 2.18. The summed E-state index contributed by atoms with van der Waals surface area (Å²) in [5.74, 6) is -0.245. The summed E-state index contributed by atoms with van der Waals surface area (Å²) in [4.78, 5) is 11.2. The van der Waals surface area contributed by atoms with Crippen LogP contribution in [0.4, 0.5) is 0 Å². The number of carboxylic acid groups (broad SMARTS) is 1. The molecule has 0 radical (unpaired) electrons. The van der Waals surface area contributed by atoms with Gasteiger partial charge in [-0.05, 0) is 17.7 Å². The van der Waals surface area contributed by atoms with Gasteiger partial charge >= 0.3 is 5.97 Å². The van der Waals surface area contributed by atoms with Crippen LogP contribution in [0.25, 0.3) is 0 Å². The topological polar surface area (TPSA) is 93.8 Å². The first-order chi connectivity index (χ1) is 9.19. The van der Waals surface area contributed by atoms with Crippen LogP contribution in [0.5, 0.6) is 5.75 Å². The van der Waals surface area contributed by atoms with Gasteiger partial charge in [-0.3, -0.25) is 10.1 Å². The van der Waals surface area contributed by atoms with E-state index in [2.05, 4.69) is 5.32 Å². The Labute approximate surface area is 136 Å². The van der Waals surface area contributed by atoms with Crippen molar-refractivity contribution in [3.63, 3.8) is 0 Å². The molecular weight excluding hydrogens is 319 g/mol. The smallest absolute Gasteiger partial charge is 0.325 e. The molecule has 0 saturated heterocycles. The molecule has 0 spiro atoms. The van der Waals surface area contributed by atoms with Crippen LogP contribution in [0, 0.1) is 0 Å². The predicted octanol–water partition coefficient (Wildman–Crippen LogP) is 1.23. The quantitative estimate of drug-likeness (QED) is 0.585. The third-order valence-electron chi connectivity index (χ3n) is 2.51. The third-order valence-corrected chi connectivity index (χ3v) is 2.51. The Morgan fingerprint density at radius 2 is 1.90 bits per heavy atom. The molecule has 1 atom stereocenters. The highest BCUT2D eigenvalue weighted by molar-refractivity contribution is 5.85. The molecule has 8 heteroatoms. The lowest BCUT2D eigenvalue weighted by Crippen LogP contribution is -2.32. The predicted molar refractivity (Wildman–Crippen MR) is 85.7 cm³/mol. The van der Waals surface area contributed by atoms with Gasteiger partial charge in [0.1, 0.15) is 18.4 Å². The number of nitrogens with one attached hydrogen (secondary N) is 1. The number of nitrogens with two attached hydrogens (primary N) is 1. The lowest BCUT2D eigenvalue weighted by molar-refractivity contribution is -0.139. The summed E-state index contributed by atoms with van der Waals surface area (Å²) in [5.41, 5.74) is 6.03. The number of benzene rings is 1. The Balaban J connectivity index is 0. The third kappa shape index (κ3) is 8.08. The number of ether oxygens (including phenoxy) is 2. The zero-order valence-electron chi connectivity index (χ0n) is 11.8. The molecule has 4 N–H and O–H groups in total. The Morgan fingerprint density at radius 1 is 1.29 bits per heavy atom. The van der Waals surface area contributed by atoms with E-state index in [1.807, 2.05) is 0 Å². The molecule has 0 fully saturated rings. The minimum absolute atomic E-state index is 0. The molecule has 1 aromatic carbocycles. The van der Waals surface area contributed by atoms with Crippen molar-refractivity contribution in [2.75, 3.05) is 33.4 Å². The molecule has 0 saturated carbocycles. The first-order valence-corrected chi connectivity index (χ1v) is 6.07. The van der Waals surface area contributed by atoms with E-state index in [1.165, 1.54) is 0 Å². The van der Waals surface area contributed by atoms with Crippen LogP contribution in [0.2, 0.25) is 0 Å². The van der Waals surface area contributed by atoms with Crippen molar-refractivity contribution >= 4 is 30.8 Å². The Morgan fingerprint density at radius 3 is 2.38 bits per heavy atom. The summed E-state index contributed by atoms with van der Waals surface area (Å²) in [6.45, 7) is 1.81. The van der Waals surface area contributed by atoms with Crippen molar-refractivity contribution in [2.24, 2.45) is 5.73 Å². The molecule has 122 valence electrons. The molecular formula is C13H22Cl2N2O4. The molecule has 0 aliphatic heterocycles. The highest BCUT2D eigenvalue weighted by Crippen LogP contribution is 2.18. The van der Waals surface area contributed by atoms with E-state index in [0.717, 1.165) is 0 Å². The molecule has 1 rings (SSSR count). The Kier molecular flexibility index (Phi) is 13.4. The highest BCUT2D eigenvalue weighted by atomic mass is 35.5.